The zero-order valence-electron chi connectivity index (χ0n) is 13.6. The molecule has 0 amide bonds. The molecular weight excluding hydrogens is 421 g/mol. The molecule has 8 nitrogen and oxygen atoms in total. The van der Waals surface area contributed by atoms with E-state index in [2.05, 4.69) is 42.1 Å². The molecule has 3 N–H and O–H groups in total. The van der Waals surface area contributed by atoms with Crippen LogP contribution < -0.4 is 5.32 Å². The van der Waals surface area contributed by atoms with Crippen LogP contribution in [-0.2, 0) is 4.74 Å². The van der Waals surface area contributed by atoms with Gasteiger partial charge >= 0.3 is 0 Å². The van der Waals surface area contributed by atoms with E-state index in [1.165, 1.54) is 29.4 Å². The first-order chi connectivity index (χ1) is 13.0. The topological polar surface area (TPSA) is 105 Å². The second-order valence-corrected chi connectivity index (χ2v) is 6.74. The molecule has 27 heavy (non-hydrogen) atoms. The molecule has 4 atom stereocenters. The molecule has 10 heteroatoms. The average Bonchev–Trinajstić information content (AvgIpc) is 3.20. The Labute approximate surface area is 161 Å². The molecule has 1 fully saturated rings. The summed E-state index contributed by atoms with van der Waals surface area (Å²) < 4.78 is 20.8. The number of nitrogens with zero attached hydrogens (tertiary/aromatic N) is 4. The fourth-order valence-electron chi connectivity index (χ4n) is 2.87. The summed E-state index contributed by atoms with van der Waals surface area (Å²) in [5, 5.41) is 23.3. The largest absolute Gasteiger partial charge is 0.386 e. The van der Waals surface area contributed by atoms with Crippen LogP contribution in [0.1, 0.15) is 6.23 Å². The number of aliphatic hydroxyl groups is 2. The number of anilines is 2. The molecule has 3 aromatic rings. The van der Waals surface area contributed by atoms with Crippen molar-refractivity contribution in [1.29, 1.82) is 0 Å². The minimum Gasteiger partial charge on any atom is -0.386 e. The number of hydrogen-bond donors (Lipinski definition) is 3. The van der Waals surface area contributed by atoms with Crippen molar-refractivity contribution in [2.75, 3.05) is 5.32 Å². The third-order valence-electron chi connectivity index (χ3n) is 4.22. The van der Waals surface area contributed by atoms with Gasteiger partial charge in [-0.05, 0) is 34.1 Å². The molecule has 0 radical (unpaired) electrons. The summed E-state index contributed by atoms with van der Waals surface area (Å²) in [5.41, 5.74) is 1.37. The lowest BCUT2D eigenvalue weighted by molar-refractivity contribution is -0.0230. The number of hydrogen-bond acceptors (Lipinski definition) is 7. The second kappa shape index (κ2) is 6.86. The highest BCUT2D eigenvalue weighted by atomic mass is 79.9. The number of rotatable bonds is 3. The van der Waals surface area contributed by atoms with Crippen molar-refractivity contribution in [2.45, 2.75) is 24.5 Å². The van der Waals surface area contributed by atoms with E-state index in [1.54, 1.807) is 6.07 Å². The minimum absolute atomic E-state index is 0.375. The van der Waals surface area contributed by atoms with E-state index >= 15 is 0 Å². The van der Waals surface area contributed by atoms with Crippen molar-refractivity contribution in [1.82, 2.24) is 19.5 Å². The van der Waals surface area contributed by atoms with Crippen molar-refractivity contribution < 1.29 is 19.3 Å². The fourth-order valence-corrected chi connectivity index (χ4v) is 3.32. The van der Waals surface area contributed by atoms with Crippen molar-refractivity contribution in [2.24, 2.45) is 0 Å². The predicted octanol–water partition coefficient (Wildman–Crippen LogP) is 1.72. The van der Waals surface area contributed by atoms with Crippen LogP contribution >= 0.6 is 15.9 Å². The number of halogens is 2. The number of benzene rings is 1. The van der Waals surface area contributed by atoms with E-state index in [1.807, 2.05) is 0 Å². The normalized spacial score (nSPS) is 24.9. The number of imidazole rings is 1. The van der Waals surface area contributed by atoms with Crippen molar-refractivity contribution in [3.05, 3.63) is 41.1 Å². The number of nitrogens with one attached hydrogen (secondary N) is 1. The Bertz CT molecular complexity index is 1050. The Hall–Kier alpha value is -2.58. The van der Waals surface area contributed by atoms with Gasteiger partial charge in [-0.2, -0.15) is 0 Å². The summed E-state index contributed by atoms with van der Waals surface area (Å²) >= 11 is 3.29. The van der Waals surface area contributed by atoms with Gasteiger partial charge in [0.15, 0.2) is 23.2 Å². The molecule has 138 valence electrons. The van der Waals surface area contributed by atoms with E-state index in [-0.39, 0.29) is 5.82 Å². The summed E-state index contributed by atoms with van der Waals surface area (Å²) in [6.07, 6.45) is 3.73. The van der Waals surface area contributed by atoms with Gasteiger partial charge in [-0.1, -0.05) is 5.92 Å². The molecule has 1 saturated heterocycles. The highest BCUT2D eigenvalue weighted by Gasteiger charge is 2.43. The number of ether oxygens (including phenoxy) is 1. The minimum atomic E-state index is -1.24. The van der Waals surface area contributed by atoms with Gasteiger partial charge in [0.1, 0.15) is 30.5 Å². The maximum absolute atomic E-state index is 13.3. The van der Waals surface area contributed by atoms with Crippen LogP contribution in [0.4, 0.5) is 15.9 Å². The molecule has 0 aliphatic carbocycles. The van der Waals surface area contributed by atoms with Gasteiger partial charge in [0.25, 0.3) is 0 Å². The highest BCUT2D eigenvalue weighted by molar-refractivity contribution is 9.10. The number of aromatic nitrogens is 4. The molecule has 0 saturated carbocycles. The Morgan fingerprint density at radius 1 is 1.26 bits per heavy atom. The summed E-state index contributed by atoms with van der Waals surface area (Å²) in [4.78, 5) is 12.6. The zero-order valence-corrected chi connectivity index (χ0v) is 15.2. The van der Waals surface area contributed by atoms with Crippen LogP contribution in [0.15, 0.2) is 35.3 Å². The summed E-state index contributed by atoms with van der Waals surface area (Å²) in [6.45, 7) is 0. The maximum Gasteiger partial charge on any atom is 0.167 e. The van der Waals surface area contributed by atoms with Crippen molar-refractivity contribution >= 4 is 38.6 Å². The lowest BCUT2D eigenvalue weighted by atomic mass is 10.1. The van der Waals surface area contributed by atoms with E-state index in [9.17, 15) is 14.6 Å². The van der Waals surface area contributed by atoms with E-state index in [0.29, 0.717) is 27.1 Å². The third kappa shape index (κ3) is 3.04. The van der Waals surface area contributed by atoms with E-state index in [4.69, 9.17) is 11.2 Å². The number of fused-ring (bicyclic) bond motifs is 1. The van der Waals surface area contributed by atoms with Gasteiger partial charge in [-0.25, -0.2) is 19.3 Å². The number of aliphatic hydroxyl groups excluding tert-OH is 2. The van der Waals surface area contributed by atoms with Gasteiger partial charge in [-0.3, -0.25) is 4.57 Å². The van der Waals surface area contributed by atoms with Crippen LogP contribution in [0.3, 0.4) is 0 Å². The average molecular weight is 434 g/mol. The van der Waals surface area contributed by atoms with Gasteiger partial charge < -0.3 is 20.3 Å². The Morgan fingerprint density at radius 3 is 2.78 bits per heavy atom. The standard InChI is InChI=1S/C17H13BrFN5O3/c1-2-11-13(25)14(26)17(27-11)24-7-22-12-15(20-6-21-16(12)24)23-10-4-3-8(19)5-9(10)18/h1,3-7,11,13-14,17,25-26H,(H,20,21,23)/t11-,13-,14-,17-/m1/s1. The van der Waals surface area contributed by atoms with Crippen molar-refractivity contribution in [3.63, 3.8) is 0 Å². The van der Waals surface area contributed by atoms with Gasteiger partial charge in [-0.15, -0.1) is 6.42 Å². The quantitative estimate of drug-likeness (QED) is 0.540. The van der Waals surface area contributed by atoms with Crippen LogP contribution in [0, 0.1) is 18.2 Å². The first-order valence-electron chi connectivity index (χ1n) is 7.87. The zero-order chi connectivity index (χ0) is 19.1. The summed E-state index contributed by atoms with van der Waals surface area (Å²) in [5.74, 6) is 2.30. The first-order valence-corrected chi connectivity index (χ1v) is 8.66. The third-order valence-corrected chi connectivity index (χ3v) is 4.88. The number of terminal acetylenes is 1. The molecule has 1 aliphatic heterocycles. The summed E-state index contributed by atoms with van der Waals surface area (Å²) in [7, 11) is 0. The molecule has 0 spiro atoms. The van der Waals surface area contributed by atoms with Crippen LogP contribution in [-0.4, -0.2) is 48.0 Å². The molecular formula is C17H13BrFN5O3. The van der Waals surface area contributed by atoms with Crippen LogP contribution in [0.5, 0.6) is 0 Å². The van der Waals surface area contributed by atoms with Crippen LogP contribution in [0.2, 0.25) is 0 Å². The van der Waals surface area contributed by atoms with E-state index in [0.717, 1.165) is 0 Å². The molecule has 0 unspecified atom stereocenters. The second-order valence-electron chi connectivity index (χ2n) is 5.89. The van der Waals surface area contributed by atoms with Crippen molar-refractivity contribution in [3.8, 4) is 12.3 Å². The van der Waals surface area contributed by atoms with Gasteiger partial charge in [0, 0.05) is 4.47 Å². The molecule has 2 aromatic heterocycles. The lowest BCUT2D eigenvalue weighted by Crippen LogP contribution is -2.30. The Kier molecular flexibility index (Phi) is 4.53. The molecule has 1 aromatic carbocycles. The molecule has 4 rings (SSSR count). The maximum atomic E-state index is 13.3. The highest BCUT2D eigenvalue weighted by Crippen LogP contribution is 2.33. The Morgan fingerprint density at radius 2 is 2.07 bits per heavy atom. The predicted molar refractivity (Wildman–Crippen MR) is 97.5 cm³/mol. The fraction of sp³-hybridized carbons (Fsp3) is 0.235. The first kappa shape index (κ1) is 17.8. The van der Waals surface area contributed by atoms with E-state index < -0.39 is 24.5 Å². The summed E-state index contributed by atoms with van der Waals surface area (Å²) in [6, 6.07) is 4.19. The molecule has 3 heterocycles. The monoisotopic (exact) mass is 433 g/mol. The Balaban J connectivity index is 1.71. The van der Waals surface area contributed by atoms with Crippen LogP contribution in [0.25, 0.3) is 11.2 Å². The SMILES string of the molecule is C#C[C@H]1O[C@@H](n2cnc3c(Nc4ccc(F)cc4Br)ncnc32)[C@H](O)[C@@H]1O. The lowest BCUT2D eigenvalue weighted by Gasteiger charge is -2.16. The molecule has 1 aliphatic rings. The van der Waals surface area contributed by atoms with Gasteiger partial charge in [0.05, 0.1) is 12.0 Å². The van der Waals surface area contributed by atoms with Gasteiger partial charge in [0.2, 0.25) is 0 Å². The smallest absolute Gasteiger partial charge is 0.167 e. The molecule has 0 bridgehead atoms.